The lowest BCUT2D eigenvalue weighted by Gasteiger charge is -2.33. The van der Waals surface area contributed by atoms with Gasteiger partial charge in [-0.2, -0.15) is 0 Å². The second-order valence-corrected chi connectivity index (χ2v) is 6.62. The van der Waals surface area contributed by atoms with Gasteiger partial charge in [-0.3, -0.25) is 0 Å². The highest BCUT2D eigenvalue weighted by Gasteiger charge is 2.34. The minimum absolute atomic E-state index is 0.516. The van der Waals surface area contributed by atoms with Crippen LogP contribution in [-0.4, -0.2) is 38.4 Å². The molecule has 128 valence electrons. The smallest absolute Gasteiger partial charge is 0.0719 e. The molecule has 0 aromatic heterocycles. The van der Waals surface area contributed by atoms with E-state index < -0.39 is 0 Å². The lowest BCUT2D eigenvalue weighted by molar-refractivity contribution is 0.0524. The fourth-order valence-electron chi connectivity index (χ4n) is 3.91. The normalized spacial score (nSPS) is 28.1. The summed E-state index contributed by atoms with van der Waals surface area (Å²) in [7, 11) is 0. The van der Waals surface area contributed by atoms with E-state index in [1.165, 1.54) is 30.4 Å². The van der Waals surface area contributed by atoms with Crippen LogP contribution in [0.4, 0.5) is 0 Å². The van der Waals surface area contributed by atoms with E-state index in [0.29, 0.717) is 24.6 Å². The number of morpholine rings is 1. The second kappa shape index (κ2) is 8.78. The molecule has 1 saturated heterocycles. The predicted octanol–water partition coefficient (Wildman–Crippen LogP) is 2.47. The molecular weight excluding hydrogens is 288 g/mol. The Hall–Kier alpha value is -0.940. The first kappa shape index (κ1) is 16.9. The van der Waals surface area contributed by atoms with Gasteiger partial charge in [0.25, 0.3) is 0 Å². The van der Waals surface area contributed by atoms with Crippen LogP contribution < -0.4 is 10.6 Å². The van der Waals surface area contributed by atoms with E-state index in [1.54, 1.807) is 0 Å². The standard InChI is InChI=1S/C19H30N2O2/c1-2-22-13-16-7-4-3-6-15(16)12-21-18-9-5-8-17(18)19-14-23-11-10-20-19/h3-4,6-7,17-21H,2,5,8-14H2,1H3. The summed E-state index contributed by atoms with van der Waals surface area (Å²) in [5.41, 5.74) is 2.66. The third kappa shape index (κ3) is 4.54. The van der Waals surface area contributed by atoms with Crippen LogP contribution in [0.1, 0.15) is 37.3 Å². The van der Waals surface area contributed by atoms with Gasteiger partial charge < -0.3 is 20.1 Å². The van der Waals surface area contributed by atoms with Gasteiger partial charge in [0.2, 0.25) is 0 Å². The van der Waals surface area contributed by atoms with Crippen molar-refractivity contribution in [2.45, 2.75) is 51.4 Å². The lowest BCUT2D eigenvalue weighted by Crippen LogP contribution is -2.50. The van der Waals surface area contributed by atoms with E-state index >= 15 is 0 Å². The molecule has 1 aliphatic carbocycles. The zero-order valence-corrected chi connectivity index (χ0v) is 14.2. The van der Waals surface area contributed by atoms with Crippen molar-refractivity contribution >= 4 is 0 Å². The van der Waals surface area contributed by atoms with Crippen molar-refractivity contribution in [1.82, 2.24) is 10.6 Å². The van der Waals surface area contributed by atoms with E-state index in [0.717, 1.165) is 32.9 Å². The average Bonchev–Trinajstić information content (AvgIpc) is 3.08. The van der Waals surface area contributed by atoms with Crippen LogP contribution in [0.3, 0.4) is 0 Å². The average molecular weight is 318 g/mol. The summed E-state index contributed by atoms with van der Waals surface area (Å²) in [6.45, 7) is 7.16. The summed E-state index contributed by atoms with van der Waals surface area (Å²) < 4.78 is 11.3. The molecule has 2 N–H and O–H groups in total. The van der Waals surface area contributed by atoms with Gasteiger partial charge in [0, 0.05) is 31.8 Å². The highest BCUT2D eigenvalue weighted by atomic mass is 16.5. The summed E-state index contributed by atoms with van der Waals surface area (Å²) in [6, 6.07) is 9.72. The van der Waals surface area contributed by atoms with Gasteiger partial charge in [0.1, 0.15) is 0 Å². The van der Waals surface area contributed by atoms with Crippen molar-refractivity contribution in [1.29, 1.82) is 0 Å². The summed E-state index contributed by atoms with van der Waals surface area (Å²) in [6.07, 6.45) is 3.90. The topological polar surface area (TPSA) is 42.5 Å². The Kier molecular flexibility index (Phi) is 6.46. The maximum absolute atomic E-state index is 5.66. The third-order valence-corrected chi connectivity index (χ3v) is 5.17. The molecule has 0 radical (unpaired) electrons. The minimum Gasteiger partial charge on any atom is -0.379 e. The molecule has 4 heteroatoms. The first-order chi connectivity index (χ1) is 11.4. The van der Waals surface area contributed by atoms with Crippen molar-refractivity contribution in [2.24, 2.45) is 5.92 Å². The molecule has 1 aliphatic heterocycles. The maximum Gasteiger partial charge on any atom is 0.0719 e. The van der Waals surface area contributed by atoms with Crippen molar-refractivity contribution in [3.63, 3.8) is 0 Å². The fourth-order valence-corrected chi connectivity index (χ4v) is 3.91. The molecule has 3 atom stereocenters. The molecule has 1 aromatic carbocycles. The van der Waals surface area contributed by atoms with Crippen molar-refractivity contribution in [3.8, 4) is 0 Å². The van der Waals surface area contributed by atoms with Crippen LogP contribution in [0.2, 0.25) is 0 Å². The summed E-state index contributed by atoms with van der Waals surface area (Å²) >= 11 is 0. The quantitative estimate of drug-likeness (QED) is 0.810. The molecule has 0 bridgehead atoms. The van der Waals surface area contributed by atoms with E-state index in [2.05, 4.69) is 34.9 Å². The Bertz CT molecular complexity index is 474. The number of nitrogens with one attached hydrogen (secondary N) is 2. The molecule has 1 saturated carbocycles. The molecule has 3 unspecified atom stereocenters. The van der Waals surface area contributed by atoms with E-state index in [1.807, 2.05) is 6.92 Å². The summed E-state index contributed by atoms with van der Waals surface area (Å²) in [4.78, 5) is 0. The number of ether oxygens (including phenoxy) is 2. The SMILES string of the molecule is CCOCc1ccccc1CNC1CCCC1C1COCCN1. The van der Waals surface area contributed by atoms with E-state index in [-0.39, 0.29) is 0 Å². The molecule has 2 aliphatic rings. The molecule has 1 heterocycles. The fraction of sp³-hybridized carbons (Fsp3) is 0.684. The highest BCUT2D eigenvalue weighted by Crippen LogP contribution is 2.29. The Morgan fingerprint density at radius 3 is 2.91 bits per heavy atom. The van der Waals surface area contributed by atoms with Crippen molar-refractivity contribution in [3.05, 3.63) is 35.4 Å². The van der Waals surface area contributed by atoms with Crippen LogP contribution in [0.5, 0.6) is 0 Å². The summed E-state index contributed by atoms with van der Waals surface area (Å²) in [5.74, 6) is 0.689. The van der Waals surface area contributed by atoms with Gasteiger partial charge in [0.05, 0.1) is 19.8 Å². The van der Waals surface area contributed by atoms with Crippen LogP contribution in [0, 0.1) is 5.92 Å². The number of rotatable bonds is 7. The molecule has 0 amide bonds. The van der Waals surface area contributed by atoms with Crippen LogP contribution in [0.25, 0.3) is 0 Å². The second-order valence-electron chi connectivity index (χ2n) is 6.62. The highest BCUT2D eigenvalue weighted by molar-refractivity contribution is 5.26. The van der Waals surface area contributed by atoms with Crippen LogP contribution in [-0.2, 0) is 22.6 Å². The van der Waals surface area contributed by atoms with Crippen LogP contribution >= 0.6 is 0 Å². The molecule has 23 heavy (non-hydrogen) atoms. The van der Waals surface area contributed by atoms with Gasteiger partial charge in [-0.05, 0) is 36.8 Å². The Labute approximate surface area is 139 Å². The van der Waals surface area contributed by atoms with E-state index in [9.17, 15) is 0 Å². The lowest BCUT2D eigenvalue weighted by atomic mass is 9.93. The monoisotopic (exact) mass is 318 g/mol. The predicted molar refractivity (Wildman–Crippen MR) is 92.4 cm³/mol. The van der Waals surface area contributed by atoms with E-state index in [4.69, 9.17) is 9.47 Å². The maximum atomic E-state index is 5.66. The molecule has 4 nitrogen and oxygen atoms in total. The van der Waals surface area contributed by atoms with Gasteiger partial charge >= 0.3 is 0 Å². The number of hydrogen-bond donors (Lipinski definition) is 2. The van der Waals surface area contributed by atoms with Crippen molar-refractivity contribution in [2.75, 3.05) is 26.4 Å². The number of hydrogen-bond acceptors (Lipinski definition) is 4. The molecule has 3 rings (SSSR count). The Morgan fingerprint density at radius 2 is 2.13 bits per heavy atom. The molecule has 1 aromatic rings. The number of benzene rings is 1. The first-order valence-electron chi connectivity index (χ1n) is 9.07. The molecule has 0 spiro atoms. The molecule has 2 fully saturated rings. The summed E-state index contributed by atoms with van der Waals surface area (Å²) in [5, 5.41) is 7.45. The van der Waals surface area contributed by atoms with Gasteiger partial charge in [-0.25, -0.2) is 0 Å². The van der Waals surface area contributed by atoms with Gasteiger partial charge in [0.15, 0.2) is 0 Å². The zero-order chi connectivity index (χ0) is 15.9. The minimum atomic E-state index is 0.516. The van der Waals surface area contributed by atoms with Crippen molar-refractivity contribution < 1.29 is 9.47 Å². The third-order valence-electron chi connectivity index (χ3n) is 5.17. The first-order valence-corrected chi connectivity index (χ1v) is 9.07. The van der Waals surface area contributed by atoms with Gasteiger partial charge in [-0.1, -0.05) is 30.7 Å². The Balaban J connectivity index is 1.56. The Morgan fingerprint density at radius 1 is 1.26 bits per heavy atom. The molecular formula is C19H30N2O2. The largest absolute Gasteiger partial charge is 0.379 e. The van der Waals surface area contributed by atoms with Crippen LogP contribution in [0.15, 0.2) is 24.3 Å². The zero-order valence-electron chi connectivity index (χ0n) is 14.2. The van der Waals surface area contributed by atoms with Gasteiger partial charge in [-0.15, -0.1) is 0 Å².